The molecule has 0 saturated carbocycles. The first kappa shape index (κ1) is 15.7. The van der Waals surface area contributed by atoms with E-state index >= 15 is 0 Å². The van der Waals surface area contributed by atoms with Crippen molar-refractivity contribution in [3.8, 4) is 0 Å². The molecule has 0 atom stereocenters. The van der Waals surface area contributed by atoms with Gasteiger partial charge < -0.3 is 9.38 Å². The van der Waals surface area contributed by atoms with E-state index in [0.29, 0.717) is 0 Å². The van der Waals surface area contributed by atoms with Crippen LogP contribution in [0.15, 0.2) is 48.5 Å². The molecular formula is C22H29N2+. The molecule has 0 unspecified atom stereocenters. The Bertz CT molecular complexity index is 701. The first-order valence-corrected chi connectivity index (χ1v) is 9.47. The predicted octanol–water partition coefficient (Wildman–Crippen LogP) is 4.23. The fourth-order valence-corrected chi connectivity index (χ4v) is 4.41. The number of hydrogen-bond acceptors (Lipinski definition) is 1. The van der Waals surface area contributed by atoms with Crippen LogP contribution in [0.25, 0.3) is 0 Å². The minimum atomic E-state index is 1.05. The van der Waals surface area contributed by atoms with E-state index in [9.17, 15) is 0 Å². The number of hydrogen-bond donors (Lipinski definition) is 0. The maximum Gasteiger partial charge on any atom is 0.0962 e. The quantitative estimate of drug-likeness (QED) is 0.765. The van der Waals surface area contributed by atoms with Crippen LogP contribution in [0.4, 0.5) is 5.69 Å². The Balaban J connectivity index is 1.59. The number of quaternary nitrogens is 1. The Kier molecular flexibility index (Phi) is 4.32. The smallest absolute Gasteiger partial charge is 0.0962 e. The van der Waals surface area contributed by atoms with Gasteiger partial charge >= 0.3 is 0 Å². The maximum atomic E-state index is 2.62. The van der Waals surface area contributed by atoms with Gasteiger partial charge in [-0.2, -0.15) is 0 Å². The van der Waals surface area contributed by atoms with Crippen LogP contribution in [0.5, 0.6) is 0 Å². The van der Waals surface area contributed by atoms with E-state index in [1.54, 1.807) is 0 Å². The Morgan fingerprint density at radius 2 is 1.50 bits per heavy atom. The first-order valence-electron chi connectivity index (χ1n) is 9.47. The monoisotopic (exact) mass is 321 g/mol. The third-order valence-electron chi connectivity index (χ3n) is 6.00. The highest BCUT2D eigenvalue weighted by molar-refractivity contribution is 5.58. The lowest BCUT2D eigenvalue weighted by Gasteiger charge is -2.39. The lowest BCUT2D eigenvalue weighted by Crippen LogP contribution is -2.51. The number of fused-ring (bicyclic) bond motifs is 2. The summed E-state index contributed by atoms with van der Waals surface area (Å²) in [4.78, 5) is 2.62. The molecule has 2 nitrogen and oxygen atoms in total. The minimum Gasteiger partial charge on any atom is -0.361 e. The first-order chi connectivity index (χ1) is 11.7. The molecular weight excluding hydrogens is 292 g/mol. The lowest BCUT2D eigenvalue weighted by molar-refractivity contribution is -0.912. The second-order valence-electron chi connectivity index (χ2n) is 7.85. The SMILES string of the molecule is C[N+]1(CCN2Cc3ccccc3Cc3ccccc32)CCCCC1. The Hall–Kier alpha value is -1.80. The van der Waals surface area contributed by atoms with Crippen LogP contribution in [0.2, 0.25) is 0 Å². The molecule has 1 fully saturated rings. The van der Waals surface area contributed by atoms with Gasteiger partial charge in [0, 0.05) is 12.2 Å². The largest absolute Gasteiger partial charge is 0.361 e. The van der Waals surface area contributed by atoms with Gasteiger partial charge in [-0.3, -0.25) is 0 Å². The Labute approximate surface area is 146 Å². The number of nitrogens with zero attached hydrogens (tertiary/aromatic N) is 2. The van der Waals surface area contributed by atoms with Gasteiger partial charge in [0.25, 0.3) is 0 Å². The molecule has 2 aromatic rings. The summed E-state index contributed by atoms with van der Waals surface area (Å²) in [7, 11) is 2.46. The van der Waals surface area contributed by atoms with Crippen LogP contribution in [-0.2, 0) is 13.0 Å². The molecule has 4 rings (SSSR count). The number of rotatable bonds is 3. The van der Waals surface area contributed by atoms with Crippen LogP contribution in [0.3, 0.4) is 0 Å². The fraction of sp³-hybridized carbons (Fsp3) is 0.455. The third kappa shape index (κ3) is 3.21. The molecule has 2 heterocycles. The summed E-state index contributed by atoms with van der Waals surface area (Å²) >= 11 is 0. The number of para-hydroxylation sites is 1. The van der Waals surface area contributed by atoms with Crippen molar-refractivity contribution in [2.24, 2.45) is 0 Å². The Morgan fingerprint density at radius 3 is 2.29 bits per heavy atom. The number of likely N-dealkylation sites (tertiary alicyclic amines) is 1. The summed E-state index contributed by atoms with van der Waals surface area (Å²) in [6, 6.07) is 18.0. The molecule has 0 radical (unpaired) electrons. The molecule has 2 aromatic carbocycles. The summed E-state index contributed by atoms with van der Waals surface area (Å²) in [6.07, 6.45) is 5.29. The van der Waals surface area contributed by atoms with Gasteiger partial charge in [-0.15, -0.1) is 0 Å². The molecule has 1 saturated heterocycles. The lowest BCUT2D eigenvalue weighted by atomic mass is 10.0. The summed E-state index contributed by atoms with van der Waals surface area (Å²) in [5, 5.41) is 0. The van der Waals surface area contributed by atoms with Crippen molar-refractivity contribution in [3.05, 3.63) is 65.2 Å². The third-order valence-corrected chi connectivity index (χ3v) is 6.00. The molecule has 0 spiro atoms. The highest BCUT2D eigenvalue weighted by Gasteiger charge is 2.26. The van der Waals surface area contributed by atoms with E-state index in [1.165, 1.54) is 65.8 Å². The average Bonchev–Trinajstić information content (AvgIpc) is 2.77. The van der Waals surface area contributed by atoms with Crippen LogP contribution in [-0.4, -0.2) is 37.7 Å². The van der Waals surface area contributed by atoms with Crippen molar-refractivity contribution in [1.29, 1.82) is 0 Å². The van der Waals surface area contributed by atoms with Crippen molar-refractivity contribution in [3.63, 3.8) is 0 Å². The maximum absolute atomic E-state index is 2.62. The highest BCUT2D eigenvalue weighted by atomic mass is 15.3. The van der Waals surface area contributed by atoms with E-state index in [2.05, 4.69) is 60.5 Å². The molecule has 0 bridgehead atoms. The number of anilines is 1. The normalized spacial score (nSPS) is 19.3. The standard InChI is InChI=1S/C22H29N2/c1-24(14-7-2-8-15-24)16-13-23-18-21-11-4-3-9-19(21)17-20-10-5-6-12-22(20)23/h3-6,9-12H,2,7-8,13-18H2,1H3/q+1. The zero-order valence-corrected chi connectivity index (χ0v) is 14.9. The van der Waals surface area contributed by atoms with Gasteiger partial charge in [-0.1, -0.05) is 42.5 Å². The van der Waals surface area contributed by atoms with Crippen molar-refractivity contribution in [1.82, 2.24) is 0 Å². The molecule has 2 heteroatoms. The zero-order chi connectivity index (χ0) is 16.4. The minimum absolute atomic E-state index is 1.05. The summed E-state index contributed by atoms with van der Waals surface area (Å²) in [5.74, 6) is 0. The molecule has 0 aliphatic carbocycles. The molecule has 0 aromatic heterocycles. The van der Waals surface area contributed by atoms with E-state index < -0.39 is 0 Å². The molecule has 0 amide bonds. The van der Waals surface area contributed by atoms with Crippen molar-refractivity contribution >= 4 is 5.69 Å². The fourth-order valence-electron chi connectivity index (χ4n) is 4.41. The van der Waals surface area contributed by atoms with E-state index in [1.807, 2.05) is 0 Å². The predicted molar refractivity (Wildman–Crippen MR) is 101 cm³/mol. The van der Waals surface area contributed by atoms with Gasteiger partial charge in [0.05, 0.1) is 33.2 Å². The van der Waals surface area contributed by atoms with Crippen molar-refractivity contribution in [2.45, 2.75) is 32.2 Å². The van der Waals surface area contributed by atoms with Crippen LogP contribution in [0, 0.1) is 0 Å². The molecule has 2 aliphatic heterocycles. The van der Waals surface area contributed by atoms with Crippen molar-refractivity contribution in [2.75, 3.05) is 38.1 Å². The summed E-state index contributed by atoms with van der Waals surface area (Å²) < 4.78 is 1.25. The van der Waals surface area contributed by atoms with Gasteiger partial charge in [0.1, 0.15) is 0 Å². The van der Waals surface area contributed by atoms with Gasteiger partial charge in [-0.05, 0) is 48.4 Å². The van der Waals surface area contributed by atoms with Crippen LogP contribution >= 0.6 is 0 Å². The molecule has 126 valence electrons. The molecule has 0 N–H and O–H groups in total. The van der Waals surface area contributed by atoms with E-state index in [-0.39, 0.29) is 0 Å². The number of piperidine rings is 1. The number of likely N-dealkylation sites (N-methyl/N-ethyl adjacent to an activating group) is 1. The second-order valence-corrected chi connectivity index (χ2v) is 7.85. The van der Waals surface area contributed by atoms with E-state index in [0.717, 1.165) is 19.5 Å². The van der Waals surface area contributed by atoms with Gasteiger partial charge in [0.2, 0.25) is 0 Å². The summed E-state index contributed by atoms with van der Waals surface area (Å²) in [5.41, 5.74) is 5.90. The Morgan fingerprint density at radius 1 is 0.833 bits per heavy atom. The van der Waals surface area contributed by atoms with Crippen LogP contribution < -0.4 is 4.90 Å². The average molecular weight is 321 g/mol. The highest BCUT2D eigenvalue weighted by Crippen LogP contribution is 2.30. The van der Waals surface area contributed by atoms with Gasteiger partial charge in [-0.25, -0.2) is 0 Å². The second kappa shape index (κ2) is 6.60. The van der Waals surface area contributed by atoms with Crippen molar-refractivity contribution < 1.29 is 4.48 Å². The summed E-state index contributed by atoms with van der Waals surface area (Å²) in [6.45, 7) is 6.17. The van der Waals surface area contributed by atoms with Gasteiger partial charge in [0.15, 0.2) is 0 Å². The molecule has 2 aliphatic rings. The topological polar surface area (TPSA) is 3.24 Å². The van der Waals surface area contributed by atoms with E-state index in [4.69, 9.17) is 0 Å². The van der Waals surface area contributed by atoms with Crippen LogP contribution in [0.1, 0.15) is 36.0 Å². The number of benzene rings is 2. The molecule has 24 heavy (non-hydrogen) atoms. The zero-order valence-electron chi connectivity index (χ0n) is 14.9.